The van der Waals surface area contributed by atoms with Crippen molar-refractivity contribution < 1.29 is 14.3 Å². The Kier molecular flexibility index (Phi) is 6.76. The summed E-state index contributed by atoms with van der Waals surface area (Å²) < 4.78 is 8.11. The average molecular weight is 451 g/mol. The molecular weight excluding hydrogens is 416 g/mol. The predicted octanol–water partition coefficient (Wildman–Crippen LogP) is 3.70. The van der Waals surface area contributed by atoms with E-state index in [0.29, 0.717) is 50.7 Å². The fourth-order valence-corrected chi connectivity index (χ4v) is 5.45. The lowest BCUT2D eigenvalue weighted by Gasteiger charge is -2.32. The van der Waals surface area contributed by atoms with Crippen molar-refractivity contribution in [1.82, 2.24) is 19.8 Å². The van der Waals surface area contributed by atoms with E-state index >= 15 is 0 Å². The van der Waals surface area contributed by atoms with Crippen molar-refractivity contribution in [3.8, 4) is 0 Å². The minimum Gasteiger partial charge on any atom is -0.365 e. The van der Waals surface area contributed by atoms with E-state index in [0.717, 1.165) is 17.8 Å². The van der Waals surface area contributed by atoms with Crippen LogP contribution < -0.4 is 5.32 Å². The summed E-state index contributed by atoms with van der Waals surface area (Å²) in [6, 6.07) is 10.1. The largest absolute Gasteiger partial charge is 0.365 e. The van der Waals surface area contributed by atoms with Gasteiger partial charge in [0.15, 0.2) is 5.69 Å². The van der Waals surface area contributed by atoms with E-state index in [1.807, 2.05) is 27.7 Å². The number of imidazole rings is 1. The molecule has 3 heterocycles. The highest BCUT2D eigenvalue weighted by atomic mass is 16.5. The van der Waals surface area contributed by atoms with Crippen molar-refractivity contribution in [3.05, 3.63) is 53.6 Å². The molecule has 3 aliphatic rings. The molecule has 2 amide bonds. The Morgan fingerprint density at radius 2 is 1.79 bits per heavy atom. The van der Waals surface area contributed by atoms with Gasteiger partial charge in [0, 0.05) is 25.6 Å². The van der Waals surface area contributed by atoms with Gasteiger partial charge in [0.1, 0.15) is 6.10 Å². The van der Waals surface area contributed by atoms with Crippen LogP contribution in [-0.4, -0.2) is 45.9 Å². The molecule has 0 bridgehead atoms. The van der Waals surface area contributed by atoms with Gasteiger partial charge in [-0.2, -0.15) is 0 Å². The molecule has 5 rings (SSSR count). The smallest absolute Gasteiger partial charge is 0.274 e. The third-order valence-electron chi connectivity index (χ3n) is 7.55. The number of amides is 2. The third-order valence-corrected chi connectivity index (χ3v) is 7.55. The van der Waals surface area contributed by atoms with Crippen LogP contribution in [0.3, 0.4) is 0 Å². The van der Waals surface area contributed by atoms with Crippen molar-refractivity contribution in [3.63, 3.8) is 0 Å². The second kappa shape index (κ2) is 10.1. The molecule has 2 aromatic rings. The predicted molar refractivity (Wildman–Crippen MR) is 124 cm³/mol. The molecule has 7 nitrogen and oxygen atoms in total. The third kappa shape index (κ3) is 4.98. The van der Waals surface area contributed by atoms with Gasteiger partial charge in [-0.15, -0.1) is 0 Å². The minimum atomic E-state index is -0.0495. The standard InChI is InChI=1S/C26H34N4O3/c31-25(27-15-19-7-3-1-4-8-19)21-11-13-29(14-12-21)26(32)24-22-17-33-23(16-30(22)18-28-24)20-9-5-2-6-10-20/h2,5-6,9-10,18-19,21,23H,1,3-4,7-8,11-17H2,(H,27,31)/t23-/m0/s1. The molecule has 0 unspecified atom stereocenters. The number of piperidine rings is 1. The number of nitrogens with zero attached hydrogens (tertiary/aromatic N) is 3. The molecule has 7 heteroatoms. The second-order valence-corrected chi connectivity index (χ2v) is 9.72. The van der Waals surface area contributed by atoms with E-state index in [-0.39, 0.29) is 23.8 Å². The topological polar surface area (TPSA) is 76.5 Å². The number of hydrogen-bond donors (Lipinski definition) is 1. The van der Waals surface area contributed by atoms with E-state index in [1.165, 1.54) is 32.1 Å². The number of nitrogens with one attached hydrogen (secondary N) is 1. The Bertz CT molecular complexity index is 959. The van der Waals surface area contributed by atoms with Gasteiger partial charge in [0.25, 0.3) is 5.91 Å². The number of aromatic nitrogens is 2. The van der Waals surface area contributed by atoms with Gasteiger partial charge in [-0.3, -0.25) is 9.59 Å². The van der Waals surface area contributed by atoms with Crippen LogP contribution in [0.25, 0.3) is 0 Å². The van der Waals surface area contributed by atoms with Gasteiger partial charge in [0.2, 0.25) is 5.91 Å². The van der Waals surface area contributed by atoms with Gasteiger partial charge >= 0.3 is 0 Å². The van der Waals surface area contributed by atoms with Gasteiger partial charge in [-0.05, 0) is 37.2 Å². The molecule has 33 heavy (non-hydrogen) atoms. The van der Waals surface area contributed by atoms with Gasteiger partial charge < -0.3 is 19.5 Å². The first kappa shape index (κ1) is 22.1. The number of hydrogen-bond acceptors (Lipinski definition) is 4. The number of ether oxygens (including phenoxy) is 1. The van der Waals surface area contributed by atoms with Crippen molar-refractivity contribution in [2.45, 2.75) is 64.2 Å². The summed E-state index contributed by atoms with van der Waals surface area (Å²) in [4.78, 5) is 32.1. The number of rotatable bonds is 5. The van der Waals surface area contributed by atoms with Crippen LogP contribution in [0.2, 0.25) is 0 Å². The molecule has 1 saturated carbocycles. The Labute approximate surface area is 195 Å². The van der Waals surface area contributed by atoms with E-state index in [9.17, 15) is 9.59 Å². The molecule has 2 aliphatic heterocycles. The van der Waals surface area contributed by atoms with Crippen LogP contribution in [0.1, 0.15) is 72.8 Å². The molecule has 1 saturated heterocycles. The zero-order chi connectivity index (χ0) is 22.6. The number of carbonyl (C=O) groups is 2. The molecule has 0 radical (unpaired) electrons. The van der Waals surface area contributed by atoms with Gasteiger partial charge in [0.05, 0.1) is 25.2 Å². The van der Waals surface area contributed by atoms with Crippen LogP contribution in [0, 0.1) is 11.8 Å². The van der Waals surface area contributed by atoms with Crippen LogP contribution in [0.4, 0.5) is 0 Å². The lowest BCUT2D eigenvalue weighted by Crippen LogP contribution is -2.44. The summed E-state index contributed by atoms with van der Waals surface area (Å²) in [6.07, 6.45) is 9.53. The first-order valence-corrected chi connectivity index (χ1v) is 12.5. The van der Waals surface area contributed by atoms with Gasteiger partial charge in [-0.1, -0.05) is 49.6 Å². The molecule has 1 aromatic heterocycles. The average Bonchev–Trinajstić information content (AvgIpc) is 3.31. The van der Waals surface area contributed by atoms with Crippen LogP contribution in [-0.2, 0) is 22.7 Å². The molecule has 176 valence electrons. The highest BCUT2D eigenvalue weighted by Crippen LogP contribution is 2.29. The normalized spacial score (nSPS) is 22.1. The first-order chi connectivity index (χ1) is 16.2. The van der Waals surface area contributed by atoms with Crippen molar-refractivity contribution in [2.24, 2.45) is 11.8 Å². The molecule has 0 spiro atoms. The Balaban J connectivity index is 1.13. The highest BCUT2D eigenvalue weighted by molar-refractivity contribution is 5.93. The highest BCUT2D eigenvalue weighted by Gasteiger charge is 2.32. The molecular formula is C26H34N4O3. The Morgan fingerprint density at radius 1 is 1.03 bits per heavy atom. The van der Waals surface area contributed by atoms with E-state index in [1.54, 1.807) is 6.33 Å². The van der Waals surface area contributed by atoms with Crippen molar-refractivity contribution >= 4 is 11.8 Å². The molecule has 1 aliphatic carbocycles. The maximum atomic E-state index is 13.2. The maximum Gasteiger partial charge on any atom is 0.274 e. The van der Waals surface area contributed by atoms with Crippen LogP contribution in [0.5, 0.6) is 0 Å². The zero-order valence-corrected chi connectivity index (χ0v) is 19.2. The SMILES string of the molecule is O=C(NCC1CCCCC1)C1CCN(C(=O)c2ncn3c2CO[C@H](c2ccccc2)C3)CC1. The maximum absolute atomic E-state index is 13.2. The van der Waals surface area contributed by atoms with Crippen molar-refractivity contribution in [1.29, 1.82) is 0 Å². The summed E-state index contributed by atoms with van der Waals surface area (Å²) >= 11 is 0. The van der Waals surface area contributed by atoms with E-state index in [2.05, 4.69) is 22.4 Å². The molecule has 2 fully saturated rings. The first-order valence-electron chi connectivity index (χ1n) is 12.5. The Morgan fingerprint density at radius 3 is 2.55 bits per heavy atom. The number of fused-ring (bicyclic) bond motifs is 1. The lowest BCUT2D eigenvalue weighted by atomic mass is 9.89. The molecule has 1 N–H and O–H groups in total. The summed E-state index contributed by atoms with van der Waals surface area (Å²) in [5.74, 6) is 0.752. The minimum absolute atomic E-state index is 0.00326. The fourth-order valence-electron chi connectivity index (χ4n) is 5.45. The summed E-state index contributed by atoms with van der Waals surface area (Å²) in [6.45, 7) is 3.03. The quantitative estimate of drug-likeness (QED) is 0.754. The second-order valence-electron chi connectivity index (χ2n) is 9.72. The number of carbonyl (C=O) groups excluding carboxylic acids is 2. The van der Waals surface area contributed by atoms with Crippen LogP contribution in [0.15, 0.2) is 36.7 Å². The van der Waals surface area contributed by atoms with Gasteiger partial charge in [-0.25, -0.2) is 4.98 Å². The Hall–Kier alpha value is -2.67. The molecule has 1 aromatic carbocycles. The number of benzene rings is 1. The summed E-state index contributed by atoms with van der Waals surface area (Å²) in [5.41, 5.74) is 2.47. The van der Waals surface area contributed by atoms with E-state index in [4.69, 9.17) is 4.74 Å². The molecule has 1 atom stereocenters. The van der Waals surface area contributed by atoms with E-state index < -0.39 is 0 Å². The monoisotopic (exact) mass is 450 g/mol. The van der Waals surface area contributed by atoms with Crippen molar-refractivity contribution in [2.75, 3.05) is 19.6 Å². The van der Waals surface area contributed by atoms with Crippen LogP contribution >= 0.6 is 0 Å². The fraction of sp³-hybridized carbons (Fsp3) is 0.577. The lowest BCUT2D eigenvalue weighted by molar-refractivity contribution is -0.126. The summed E-state index contributed by atoms with van der Waals surface area (Å²) in [7, 11) is 0. The number of likely N-dealkylation sites (tertiary alicyclic amines) is 1. The zero-order valence-electron chi connectivity index (χ0n) is 19.2. The summed E-state index contributed by atoms with van der Waals surface area (Å²) in [5, 5.41) is 3.18.